The van der Waals surface area contributed by atoms with E-state index in [2.05, 4.69) is 21.2 Å². The molecule has 2 heterocycles. The number of hydrogen-bond donors (Lipinski definition) is 1. The summed E-state index contributed by atoms with van der Waals surface area (Å²) in [6.07, 6.45) is 0. The molecule has 0 amide bonds. The molecule has 4 aromatic rings. The summed E-state index contributed by atoms with van der Waals surface area (Å²) in [6.45, 7) is 4.70. The van der Waals surface area contributed by atoms with Gasteiger partial charge in [0.1, 0.15) is 11.5 Å². The van der Waals surface area contributed by atoms with Crippen LogP contribution < -0.4 is 5.76 Å². The number of likely N-dealkylation sites (tertiary alicyclic amines) is 1. The van der Waals surface area contributed by atoms with Crippen molar-refractivity contribution >= 4 is 0 Å². The molecule has 7 nitrogen and oxygen atoms in total. The van der Waals surface area contributed by atoms with Gasteiger partial charge in [0.05, 0.1) is 23.3 Å². The molecule has 1 aromatic heterocycles. The number of nitriles is 2. The molecule has 196 valence electrons. The minimum atomic E-state index is -1.61. The fraction of sp³-hybridized carbons (Fsp3) is 0.267. The van der Waals surface area contributed by atoms with Crippen LogP contribution in [0.5, 0.6) is 0 Å². The van der Waals surface area contributed by atoms with E-state index in [9.17, 15) is 14.4 Å². The van der Waals surface area contributed by atoms with Gasteiger partial charge < -0.3 is 4.42 Å². The maximum Gasteiger partial charge on any atom is 0.434 e. The second-order valence-corrected chi connectivity index (χ2v) is 10.4. The molecule has 1 fully saturated rings. The topological polar surface area (TPSA) is 110 Å². The lowest BCUT2D eigenvalue weighted by Gasteiger charge is -2.46. The van der Waals surface area contributed by atoms with Crippen molar-refractivity contribution in [2.45, 2.75) is 32.0 Å². The third-order valence-corrected chi connectivity index (χ3v) is 7.04. The van der Waals surface area contributed by atoms with E-state index in [1.54, 1.807) is 18.2 Å². The minimum absolute atomic E-state index is 0.0658. The molecular weight excluding hydrogens is 500 g/mol. The summed E-state index contributed by atoms with van der Waals surface area (Å²) >= 11 is 0. The van der Waals surface area contributed by atoms with E-state index in [-0.39, 0.29) is 17.4 Å². The highest BCUT2D eigenvalue weighted by Crippen LogP contribution is 2.43. The molecule has 1 N–H and O–H groups in total. The molecule has 1 saturated heterocycles. The largest absolute Gasteiger partial charge is 0.434 e. The van der Waals surface area contributed by atoms with Crippen LogP contribution in [0.3, 0.4) is 0 Å². The van der Waals surface area contributed by atoms with Gasteiger partial charge in [-0.05, 0) is 90.6 Å². The molecule has 39 heavy (non-hydrogen) atoms. The highest BCUT2D eigenvalue weighted by molar-refractivity contribution is 5.71. The lowest BCUT2D eigenvalue weighted by molar-refractivity contribution is 0.0212. The number of benzene rings is 3. The molecule has 0 aliphatic carbocycles. The van der Waals surface area contributed by atoms with E-state index >= 15 is 4.39 Å². The van der Waals surface area contributed by atoms with Crippen LogP contribution in [0.1, 0.15) is 42.0 Å². The Morgan fingerprint density at radius 3 is 2.33 bits per heavy atom. The molecule has 0 bridgehead atoms. The Labute approximate surface area is 223 Å². The number of nitrogens with one attached hydrogen (secondary N) is 1. The number of H-pyrrole nitrogens is 1. The van der Waals surface area contributed by atoms with E-state index in [1.165, 1.54) is 19.9 Å². The first kappa shape index (κ1) is 26.0. The van der Waals surface area contributed by atoms with Gasteiger partial charge in [-0.15, -0.1) is 5.10 Å². The quantitative estimate of drug-likeness (QED) is 0.339. The van der Waals surface area contributed by atoms with Crippen molar-refractivity contribution in [3.8, 4) is 34.7 Å². The van der Waals surface area contributed by atoms with Crippen LogP contribution in [0, 0.1) is 34.4 Å². The van der Waals surface area contributed by atoms with Crippen molar-refractivity contribution in [2.75, 3.05) is 13.1 Å². The fourth-order valence-electron chi connectivity index (χ4n) is 5.46. The number of rotatable bonds is 7. The maximum atomic E-state index is 15.4. The summed E-state index contributed by atoms with van der Waals surface area (Å²) in [6, 6.07) is 21.1. The van der Waals surface area contributed by atoms with Crippen molar-refractivity contribution in [3.63, 3.8) is 0 Å². The lowest BCUT2D eigenvalue weighted by atomic mass is 9.72. The van der Waals surface area contributed by atoms with E-state index in [4.69, 9.17) is 9.68 Å². The van der Waals surface area contributed by atoms with Gasteiger partial charge in [0.15, 0.2) is 0 Å². The van der Waals surface area contributed by atoms with Crippen molar-refractivity contribution in [1.29, 1.82) is 10.5 Å². The van der Waals surface area contributed by atoms with Gasteiger partial charge in [0.25, 0.3) is 0 Å². The Morgan fingerprint density at radius 2 is 1.72 bits per heavy atom. The Morgan fingerprint density at radius 1 is 1.03 bits per heavy atom. The van der Waals surface area contributed by atoms with Crippen molar-refractivity contribution < 1.29 is 13.2 Å². The highest BCUT2D eigenvalue weighted by atomic mass is 19.1. The van der Waals surface area contributed by atoms with Crippen LogP contribution >= 0.6 is 0 Å². The number of nitrogens with zero attached hydrogens (tertiary/aromatic N) is 4. The molecule has 3 aromatic carbocycles. The van der Waals surface area contributed by atoms with Crippen molar-refractivity contribution in [1.82, 2.24) is 15.1 Å². The minimum Gasteiger partial charge on any atom is -0.388 e. The molecule has 0 spiro atoms. The smallest absolute Gasteiger partial charge is 0.388 e. The van der Waals surface area contributed by atoms with E-state index in [0.717, 1.165) is 22.8 Å². The number of hydrogen-bond acceptors (Lipinski definition) is 6. The van der Waals surface area contributed by atoms with Crippen LogP contribution in [0.25, 0.3) is 22.6 Å². The van der Waals surface area contributed by atoms with Crippen LogP contribution in [0.2, 0.25) is 0 Å². The van der Waals surface area contributed by atoms with Crippen molar-refractivity contribution in [3.05, 3.63) is 99.3 Å². The van der Waals surface area contributed by atoms with Gasteiger partial charge in [0, 0.05) is 31.1 Å². The monoisotopic (exact) mass is 525 g/mol. The van der Waals surface area contributed by atoms with E-state index in [0.29, 0.717) is 36.3 Å². The predicted molar refractivity (Wildman–Crippen MR) is 141 cm³/mol. The van der Waals surface area contributed by atoms with Gasteiger partial charge in [-0.2, -0.15) is 10.5 Å². The SMILES string of the molecule is CC(C)(F)[C@H](c1cc(F)cc(C#N)c1)C1CN(Cc2cc(-c3ccc(C#N)cc3)cc(-c3n[nH]c(=O)o3)c2)C1. The average Bonchev–Trinajstić information content (AvgIpc) is 3.32. The first-order chi connectivity index (χ1) is 18.6. The van der Waals surface area contributed by atoms with E-state index in [1.807, 2.05) is 36.4 Å². The number of aromatic amines is 1. The molecule has 5 rings (SSSR count). The Bertz CT molecular complexity index is 1650. The second kappa shape index (κ2) is 10.3. The molecule has 9 heteroatoms. The molecule has 0 unspecified atom stereocenters. The fourth-order valence-corrected chi connectivity index (χ4v) is 5.46. The van der Waals surface area contributed by atoms with Gasteiger partial charge >= 0.3 is 5.76 Å². The summed E-state index contributed by atoms with van der Waals surface area (Å²) in [7, 11) is 0. The van der Waals surface area contributed by atoms with Crippen molar-refractivity contribution in [2.24, 2.45) is 5.92 Å². The van der Waals surface area contributed by atoms with Gasteiger partial charge in [-0.1, -0.05) is 12.1 Å². The van der Waals surface area contributed by atoms with Gasteiger partial charge in [-0.25, -0.2) is 18.7 Å². The summed E-state index contributed by atoms with van der Waals surface area (Å²) in [5.74, 6) is -1.68. The predicted octanol–water partition coefficient (Wildman–Crippen LogP) is 5.54. The number of halogens is 2. The first-order valence-corrected chi connectivity index (χ1v) is 12.4. The zero-order valence-corrected chi connectivity index (χ0v) is 21.4. The third-order valence-electron chi connectivity index (χ3n) is 7.04. The summed E-state index contributed by atoms with van der Waals surface area (Å²) in [5.41, 5.74) is 2.90. The molecule has 1 aliphatic heterocycles. The Hall–Kier alpha value is -4.60. The third kappa shape index (κ3) is 5.64. The number of alkyl halides is 1. The maximum absolute atomic E-state index is 15.4. The van der Waals surface area contributed by atoms with Crippen LogP contribution in [0.4, 0.5) is 8.78 Å². The molecule has 0 radical (unpaired) electrons. The molecule has 0 saturated carbocycles. The molecular formula is C30H25F2N5O2. The van der Waals surface area contributed by atoms with Gasteiger partial charge in [-0.3, -0.25) is 4.90 Å². The standard InChI is InChI=1S/C30H25F2N5O2/c1-30(2,32)27(23-7-19(14-34)10-26(31)12-23)25-16-37(17-25)15-20-8-22(21-5-3-18(13-33)4-6-21)11-24(9-20)28-35-36-29(38)39-28/h3-12,25,27H,15-17H2,1-2H3,(H,36,38)/t27-/m1/s1. The molecule has 1 aliphatic rings. The zero-order valence-electron chi connectivity index (χ0n) is 21.4. The molecule has 1 atom stereocenters. The number of aromatic nitrogens is 2. The average molecular weight is 526 g/mol. The van der Waals surface area contributed by atoms with E-state index < -0.39 is 23.2 Å². The van der Waals surface area contributed by atoms with Gasteiger partial charge in [0.2, 0.25) is 5.89 Å². The Balaban J connectivity index is 1.40. The normalized spacial score (nSPS) is 14.8. The second-order valence-electron chi connectivity index (χ2n) is 10.4. The van der Waals surface area contributed by atoms with Crippen LogP contribution in [-0.2, 0) is 6.54 Å². The summed E-state index contributed by atoms with van der Waals surface area (Å²) in [4.78, 5) is 13.7. The zero-order chi connectivity index (χ0) is 27.7. The summed E-state index contributed by atoms with van der Waals surface area (Å²) in [5, 5.41) is 24.6. The highest BCUT2D eigenvalue weighted by Gasteiger charge is 2.43. The summed E-state index contributed by atoms with van der Waals surface area (Å²) < 4.78 is 34.7. The first-order valence-electron chi connectivity index (χ1n) is 12.4. The van der Waals surface area contributed by atoms with Crippen LogP contribution in [0.15, 0.2) is 69.9 Å². The lowest BCUT2D eigenvalue weighted by Crippen LogP contribution is -2.52. The van der Waals surface area contributed by atoms with Crippen LogP contribution in [-0.4, -0.2) is 33.9 Å². The Kier molecular flexibility index (Phi) is 6.86.